The van der Waals surface area contributed by atoms with Crippen molar-refractivity contribution in [3.05, 3.63) is 93.5 Å². The summed E-state index contributed by atoms with van der Waals surface area (Å²) in [6.07, 6.45) is 0. The molecule has 3 aromatic rings. The number of benzene rings is 2. The van der Waals surface area contributed by atoms with Gasteiger partial charge in [-0.05, 0) is 42.3 Å². The Morgan fingerprint density at radius 2 is 1.82 bits per heavy atom. The first-order chi connectivity index (χ1) is 13.3. The maximum Gasteiger partial charge on any atom is 0.261 e. The van der Waals surface area contributed by atoms with Crippen LogP contribution in [0.2, 0.25) is 0 Å². The van der Waals surface area contributed by atoms with Crippen LogP contribution in [0.15, 0.2) is 65.5 Å². The Bertz CT molecular complexity index is 1070. The number of halogens is 1. The van der Waals surface area contributed by atoms with Gasteiger partial charge in [0, 0.05) is 17.7 Å². The van der Waals surface area contributed by atoms with Gasteiger partial charge >= 0.3 is 0 Å². The zero-order valence-corrected chi connectivity index (χ0v) is 16.2. The highest BCUT2D eigenvalue weighted by Crippen LogP contribution is 2.25. The molecule has 5 heteroatoms. The van der Waals surface area contributed by atoms with Gasteiger partial charge in [0.25, 0.3) is 11.5 Å². The number of hydrogen-bond donors (Lipinski definition) is 2. The number of aryl methyl sites for hydroxylation is 1. The number of aromatic nitrogens is 1. The van der Waals surface area contributed by atoms with Gasteiger partial charge in [-0.15, -0.1) is 0 Å². The van der Waals surface area contributed by atoms with E-state index in [0.717, 1.165) is 11.1 Å². The van der Waals surface area contributed by atoms with Crippen LogP contribution in [0.3, 0.4) is 0 Å². The number of carbonyl (C=O) groups excluding carboxylic acids is 1. The van der Waals surface area contributed by atoms with E-state index in [9.17, 15) is 14.0 Å². The minimum absolute atomic E-state index is 0.0285. The quantitative estimate of drug-likeness (QED) is 0.699. The highest BCUT2D eigenvalue weighted by Gasteiger charge is 2.25. The second kappa shape index (κ2) is 7.80. The van der Waals surface area contributed by atoms with Crippen LogP contribution in [0, 0.1) is 12.7 Å². The van der Waals surface area contributed by atoms with Gasteiger partial charge in [0.15, 0.2) is 0 Å². The largest absolute Gasteiger partial charge is 0.351 e. The van der Waals surface area contributed by atoms with Crippen LogP contribution >= 0.6 is 0 Å². The van der Waals surface area contributed by atoms with E-state index in [1.165, 1.54) is 12.1 Å². The van der Waals surface area contributed by atoms with E-state index in [4.69, 9.17) is 0 Å². The third-order valence-corrected chi connectivity index (χ3v) is 4.78. The van der Waals surface area contributed by atoms with Gasteiger partial charge in [-0.2, -0.15) is 0 Å². The van der Waals surface area contributed by atoms with Crippen molar-refractivity contribution in [3.63, 3.8) is 0 Å². The van der Waals surface area contributed by atoms with Gasteiger partial charge in [0.1, 0.15) is 11.4 Å². The number of carbonyl (C=O) groups is 1. The van der Waals surface area contributed by atoms with Crippen LogP contribution in [0.5, 0.6) is 0 Å². The van der Waals surface area contributed by atoms with Crippen molar-refractivity contribution < 1.29 is 9.18 Å². The minimum Gasteiger partial charge on any atom is -0.351 e. The summed E-state index contributed by atoms with van der Waals surface area (Å²) in [5, 5.41) is 2.75. The Kier molecular flexibility index (Phi) is 5.45. The maximum absolute atomic E-state index is 14.1. The zero-order valence-electron chi connectivity index (χ0n) is 16.2. The Morgan fingerprint density at radius 1 is 1.07 bits per heavy atom. The third kappa shape index (κ3) is 4.19. The first-order valence-electron chi connectivity index (χ1n) is 9.11. The number of H-pyrrole nitrogens is 1. The Labute approximate surface area is 163 Å². The van der Waals surface area contributed by atoms with Crippen LogP contribution in [0.1, 0.15) is 35.3 Å². The highest BCUT2D eigenvalue weighted by atomic mass is 19.1. The smallest absolute Gasteiger partial charge is 0.261 e. The summed E-state index contributed by atoms with van der Waals surface area (Å²) in [5.74, 6) is -0.802. The lowest BCUT2D eigenvalue weighted by molar-refractivity contribution is 0.0944. The predicted octanol–water partition coefficient (Wildman–Crippen LogP) is 4.20. The van der Waals surface area contributed by atoms with E-state index < -0.39 is 16.9 Å². The summed E-state index contributed by atoms with van der Waals surface area (Å²) in [4.78, 5) is 27.7. The Hall–Kier alpha value is -3.21. The third-order valence-electron chi connectivity index (χ3n) is 4.78. The van der Waals surface area contributed by atoms with Crippen molar-refractivity contribution >= 4 is 5.91 Å². The molecule has 3 rings (SSSR count). The highest BCUT2D eigenvalue weighted by molar-refractivity contribution is 5.94. The predicted molar refractivity (Wildman–Crippen MR) is 109 cm³/mol. The van der Waals surface area contributed by atoms with E-state index in [-0.39, 0.29) is 17.9 Å². The molecule has 0 aliphatic carbocycles. The second-order valence-electron chi connectivity index (χ2n) is 7.53. The van der Waals surface area contributed by atoms with Crippen molar-refractivity contribution in [1.82, 2.24) is 10.3 Å². The molecule has 28 heavy (non-hydrogen) atoms. The van der Waals surface area contributed by atoms with Crippen molar-refractivity contribution in [3.8, 4) is 11.3 Å². The summed E-state index contributed by atoms with van der Waals surface area (Å²) < 4.78 is 14.1. The van der Waals surface area contributed by atoms with Gasteiger partial charge in [0.2, 0.25) is 0 Å². The molecular weight excluding hydrogens is 355 g/mol. The number of nitrogens with one attached hydrogen (secondary N) is 2. The summed E-state index contributed by atoms with van der Waals surface area (Å²) in [5.41, 5.74) is 2.08. The lowest BCUT2D eigenvalue weighted by Crippen LogP contribution is -2.39. The summed E-state index contributed by atoms with van der Waals surface area (Å²) in [6, 6.07) is 17.5. The molecule has 0 spiro atoms. The first kappa shape index (κ1) is 19.5. The number of rotatable bonds is 5. The van der Waals surface area contributed by atoms with Crippen LogP contribution in [0.25, 0.3) is 11.3 Å². The number of pyridine rings is 1. The Balaban J connectivity index is 1.76. The van der Waals surface area contributed by atoms with Gasteiger partial charge in [-0.3, -0.25) is 9.59 Å². The van der Waals surface area contributed by atoms with E-state index in [2.05, 4.69) is 10.3 Å². The van der Waals surface area contributed by atoms with Gasteiger partial charge in [-0.25, -0.2) is 4.39 Å². The SMILES string of the molecule is Cc1cccc(-c2ccc(C(=O)NCC(C)(C)c3ccccc3F)c(=O)[nH]2)c1. The van der Waals surface area contributed by atoms with Crippen LogP contribution in [0.4, 0.5) is 4.39 Å². The standard InChI is InChI=1S/C23H23FN2O2/c1-15-7-6-8-16(13-15)20-12-11-17(22(28)26-20)21(27)25-14-23(2,3)18-9-4-5-10-19(18)24/h4-13H,14H2,1-3H3,(H,25,27)(H,26,28). The molecule has 144 valence electrons. The fraction of sp³-hybridized carbons (Fsp3) is 0.217. The van der Waals surface area contributed by atoms with Crippen LogP contribution in [-0.4, -0.2) is 17.4 Å². The molecule has 0 atom stereocenters. The second-order valence-corrected chi connectivity index (χ2v) is 7.53. The van der Waals surface area contributed by atoms with E-state index in [1.54, 1.807) is 24.3 Å². The minimum atomic E-state index is -0.616. The topological polar surface area (TPSA) is 62.0 Å². The molecule has 0 radical (unpaired) electrons. The molecule has 0 aliphatic heterocycles. The number of hydrogen-bond acceptors (Lipinski definition) is 2. The first-order valence-corrected chi connectivity index (χ1v) is 9.11. The van der Waals surface area contributed by atoms with Gasteiger partial charge < -0.3 is 10.3 Å². The molecule has 1 aromatic heterocycles. The van der Waals surface area contributed by atoms with Crippen molar-refractivity contribution in [2.24, 2.45) is 0 Å². The normalized spacial score (nSPS) is 11.3. The average molecular weight is 378 g/mol. The molecule has 1 amide bonds. The van der Waals surface area contributed by atoms with Crippen molar-refractivity contribution in [1.29, 1.82) is 0 Å². The molecule has 0 fully saturated rings. The fourth-order valence-corrected chi connectivity index (χ4v) is 3.14. The van der Waals surface area contributed by atoms with Crippen LogP contribution in [-0.2, 0) is 5.41 Å². The molecule has 1 heterocycles. The van der Waals surface area contributed by atoms with Gasteiger partial charge in [0.05, 0.1) is 0 Å². The molecule has 0 aliphatic rings. The number of amides is 1. The Morgan fingerprint density at radius 3 is 2.50 bits per heavy atom. The molecule has 2 aromatic carbocycles. The average Bonchev–Trinajstić information content (AvgIpc) is 2.66. The maximum atomic E-state index is 14.1. The molecule has 2 N–H and O–H groups in total. The lowest BCUT2D eigenvalue weighted by atomic mass is 9.84. The molecule has 0 bridgehead atoms. The molecule has 0 unspecified atom stereocenters. The van der Waals surface area contributed by atoms with Gasteiger partial charge in [-0.1, -0.05) is 55.8 Å². The zero-order chi connectivity index (χ0) is 20.3. The van der Waals surface area contributed by atoms with E-state index >= 15 is 0 Å². The van der Waals surface area contributed by atoms with E-state index in [0.29, 0.717) is 11.3 Å². The number of aromatic amines is 1. The fourth-order valence-electron chi connectivity index (χ4n) is 3.14. The van der Waals surface area contributed by atoms with E-state index in [1.807, 2.05) is 45.0 Å². The summed E-state index contributed by atoms with van der Waals surface area (Å²) >= 11 is 0. The lowest BCUT2D eigenvalue weighted by Gasteiger charge is -2.26. The molecule has 0 saturated carbocycles. The van der Waals surface area contributed by atoms with Crippen LogP contribution < -0.4 is 10.9 Å². The molecule has 4 nitrogen and oxygen atoms in total. The monoisotopic (exact) mass is 378 g/mol. The summed E-state index contributed by atoms with van der Waals surface area (Å²) in [6.45, 7) is 5.86. The van der Waals surface area contributed by atoms with Crippen molar-refractivity contribution in [2.45, 2.75) is 26.2 Å². The summed E-state index contributed by atoms with van der Waals surface area (Å²) in [7, 11) is 0. The van der Waals surface area contributed by atoms with Crippen molar-refractivity contribution in [2.75, 3.05) is 6.54 Å². The molecule has 0 saturated heterocycles. The molecular formula is C23H23FN2O2.